The summed E-state index contributed by atoms with van der Waals surface area (Å²) in [6.45, 7) is 0. The summed E-state index contributed by atoms with van der Waals surface area (Å²) in [5.74, 6) is -0.838. The fraction of sp³-hybridized carbons (Fsp3) is 0.111. The van der Waals surface area contributed by atoms with E-state index >= 15 is 0 Å². The number of hydrogen-bond donors (Lipinski definition) is 3. The second kappa shape index (κ2) is 8.33. The SMILES string of the molecule is Cl.Cl.NC(N)=NC(N)=Nc1ccc(OC(F)(F)F)cc1. The molecule has 0 unspecified atom stereocenters. The maximum absolute atomic E-state index is 11.9. The minimum Gasteiger partial charge on any atom is -0.406 e. The Hall–Kier alpha value is -1.87. The molecule has 1 rings (SSSR count). The first-order chi connectivity index (χ1) is 8.26. The summed E-state index contributed by atoms with van der Waals surface area (Å²) in [4.78, 5) is 7.19. The summed E-state index contributed by atoms with van der Waals surface area (Å²) in [5.41, 5.74) is 15.7. The highest BCUT2D eigenvalue weighted by Gasteiger charge is 2.30. The first-order valence-corrected chi connectivity index (χ1v) is 4.56. The van der Waals surface area contributed by atoms with E-state index in [-0.39, 0.29) is 48.2 Å². The molecule has 0 radical (unpaired) electrons. The van der Waals surface area contributed by atoms with Gasteiger partial charge < -0.3 is 21.9 Å². The number of aliphatic imine (C=N–C) groups is 2. The molecule has 1 aromatic rings. The summed E-state index contributed by atoms with van der Waals surface area (Å²) in [6, 6.07) is 4.73. The van der Waals surface area contributed by atoms with Gasteiger partial charge in [0.15, 0.2) is 5.96 Å². The molecule has 114 valence electrons. The Labute approximate surface area is 124 Å². The van der Waals surface area contributed by atoms with Gasteiger partial charge in [0.1, 0.15) is 5.75 Å². The molecule has 0 fully saturated rings. The van der Waals surface area contributed by atoms with Gasteiger partial charge in [-0.2, -0.15) is 4.99 Å². The zero-order valence-corrected chi connectivity index (χ0v) is 11.4. The fourth-order valence-electron chi connectivity index (χ4n) is 1.01. The van der Waals surface area contributed by atoms with Crippen molar-refractivity contribution in [1.82, 2.24) is 0 Å². The van der Waals surface area contributed by atoms with Crippen LogP contribution in [0.5, 0.6) is 5.75 Å². The Morgan fingerprint density at radius 3 is 1.90 bits per heavy atom. The molecule has 6 N–H and O–H groups in total. The highest BCUT2D eigenvalue weighted by atomic mass is 35.5. The first kappa shape index (κ1) is 20.4. The summed E-state index contributed by atoms with van der Waals surface area (Å²) in [7, 11) is 0. The third kappa shape index (κ3) is 8.27. The number of guanidine groups is 2. The van der Waals surface area contributed by atoms with Gasteiger partial charge in [0.2, 0.25) is 5.96 Å². The van der Waals surface area contributed by atoms with Gasteiger partial charge in [0.05, 0.1) is 5.69 Å². The molecular weight excluding hydrogens is 322 g/mol. The molecule has 0 aliphatic heterocycles. The van der Waals surface area contributed by atoms with Crippen LogP contribution in [0.15, 0.2) is 34.3 Å². The Morgan fingerprint density at radius 2 is 1.50 bits per heavy atom. The summed E-state index contributed by atoms with van der Waals surface area (Å²) in [6.07, 6.45) is -4.73. The van der Waals surface area contributed by atoms with Crippen LogP contribution < -0.4 is 21.9 Å². The number of benzene rings is 1. The van der Waals surface area contributed by atoms with Crippen molar-refractivity contribution in [1.29, 1.82) is 0 Å². The zero-order chi connectivity index (χ0) is 13.8. The van der Waals surface area contributed by atoms with Crippen molar-refractivity contribution in [3.8, 4) is 5.75 Å². The van der Waals surface area contributed by atoms with Crippen molar-refractivity contribution < 1.29 is 17.9 Å². The number of nitrogens with zero attached hydrogens (tertiary/aromatic N) is 2. The quantitative estimate of drug-likeness (QED) is 0.564. The number of nitrogens with two attached hydrogens (primary N) is 3. The van der Waals surface area contributed by atoms with E-state index in [0.717, 1.165) is 12.1 Å². The number of ether oxygens (including phenoxy) is 1. The third-order valence-electron chi connectivity index (χ3n) is 1.56. The van der Waals surface area contributed by atoms with Gasteiger partial charge >= 0.3 is 6.36 Å². The van der Waals surface area contributed by atoms with E-state index in [1.54, 1.807) is 0 Å². The molecule has 0 amide bonds. The second-order valence-corrected chi connectivity index (χ2v) is 3.05. The lowest BCUT2D eigenvalue weighted by molar-refractivity contribution is -0.274. The van der Waals surface area contributed by atoms with Crippen molar-refractivity contribution in [2.75, 3.05) is 0 Å². The Balaban J connectivity index is 0. The summed E-state index contributed by atoms with van der Waals surface area (Å²) >= 11 is 0. The molecule has 0 aliphatic rings. The van der Waals surface area contributed by atoms with Crippen LogP contribution in [-0.4, -0.2) is 18.3 Å². The van der Waals surface area contributed by atoms with Crippen LogP contribution in [0.25, 0.3) is 0 Å². The molecule has 0 heterocycles. The summed E-state index contributed by atoms with van der Waals surface area (Å²) in [5, 5.41) is 0. The summed E-state index contributed by atoms with van der Waals surface area (Å²) < 4.78 is 39.3. The van der Waals surface area contributed by atoms with Gasteiger partial charge in [0, 0.05) is 0 Å². The van der Waals surface area contributed by atoms with E-state index < -0.39 is 6.36 Å². The number of halogens is 5. The van der Waals surface area contributed by atoms with E-state index in [2.05, 4.69) is 14.7 Å². The van der Waals surface area contributed by atoms with Crippen LogP contribution in [0.4, 0.5) is 18.9 Å². The smallest absolute Gasteiger partial charge is 0.406 e. The van der Waals surface area contributed by atoms with Crippen LogP contribution in [0.2, 0.25) is 0 Å². The molecule has 1 aromatic carbocycles. The highest BCUT2D eigenvalue weighted by Crippen LogP contribution is 2.24. The van der Waals surface area contributed by atoms with Crippen molar-refractivity contribution in [3.05, 3.63) is 24.3 Å². The molecule has 0 spiro atoms. The molecule has 20 heavy (non-hydrogen) atoms. The van der Waals surface area contributed by atoms with Crippen molar-refractivity contribution in [2.24, 2.45) is 27.2 Å². The number of hydrogen-bond acceptors (Lipinski definition) is 2. The largest absolute Gasteiger partial charge is 0.573 e. The Bertz CT molecular complexity index is 471. The fourth-order valence-corrected chi connectivity index (χ4v) is 1.01. The van der Waals surface area contributed by atoms with E-state index in [1.807, 2.05) is 0 Å². The van der Waals surface area contributed by atoms with Gasteiger partial charge in [-0.05, 0) is 24.3 Å². The molecule has 11 heteroatoms. The minimum absolute atomic E-state index is 0. The van der Waals surface area contributed by atoms with Gasteiger partial charge in [-0.3, -0.25) is 0 Å². The highest BCUT2D eigenvalue weighted by molar-refractivity contribution is 5.93. The second-order valence-electron chi connectivity index (χ2n) is 3.05. The molecule has 6 nitrogen and oxygen atoms in total. The molecular formula is C9H12Cl2F3N5O. The lowest BCUT2D eigenvalue weighted by Gasteiger charge is -2.08. The van der Waals surface area contributed by atoms with Gasteiger partial charge in [-0.1, -0.05) is 0 Å². The van der Waals surface area contributed by atoms with Gasteiger partial charge in [-0.25, -0.2) is 4.99 Å². The van der Waals surface area contributed by atoms with Crippen LogP contribution >= 0.6 is 24.8 Å². The Kier molecular flexibility index (Phi) is 8.52. The number of alkyl halides is 3. The van der Waals surface area contributed by atoms with Gasteiger partial charge in [-0.15, -0.1) is 38.0 Å². The molecule has 0 saturated heterocycles. The predicted octanol–water partition coefficient (Wildman–Crippen LogP) is 1.65. The van der Waals surface area contributed by atoms with E-state index in [0.29, 0.717) is 0 Å². The Morgan fingerprint density at radius 1 is 1.00 bits per heavy atom. The molecule has 0 aliphatic carbocycles. The lowest BCUT2D eigenvalue weighted by Crippen LogP contribution is -2.26. The monoisotopic (exact) mass is 333 g/mol. The minimum atomic E-state index is -4.73. The van der Waals surface area contributed by atoms with Crippen LogP contribution in [0.3, 0.4) is 0 Å². The van der Waals surface area contributed by atoms with Crippen molar-refractivity contribution in [3.63, 3.8) is 0 Å². The normalized spacial score (nSPS) is 10.8. The average Bonchev–Trinajstić information content (AvgIpc) is 2.17. The van der Waals surface area contributed by atoms with E-state index in [1.165, 1.54) is 12.1 Å². The predicted molar refractivity (Wildman–Crippen MR) is 74.7 cm³/mol. The standard InChI is InChI=1S/C9H10F3N5O.2ClH/c10-9(11,12)18-6-3-1-5(2-4-6)16-8(15)17-7(13)14;;/h1-4H,(H6,13,14,15,16,17);2*1H. The van der Waals surface area contributed by atoms with E-state index in [9.17, 15) is 13.2 Å². The maximum Gasteiger partial charge on any atom is 0.573 e. The topological polar surface area (TPSA) is 112 Å². The average molecular weight is 334 g/mol. The zero-order valence-electron chi connectivity index (χ0n) is 9.79. The van der Waals surface area contributed by atoms with Gasteiger partial charge in [0.25, 0.3) is 0 Å². The molecule has 0 bridgehead atoms. The molecule has 0 saturated carbocycles. The molecule has 0 aromatic heterocycles. The van der Waals surface area contributed by atoms with Crippen LogP contribution in [0, 0.1) is 0 Å². The molecule has 0 atom stereocenters. The van der Waals surface area contributed by atoms with Crippen molar-refractivity contribution in [2.45, 2.75) is 6.36 Å². The van der Waals surface area contributed by atoms with Crippen LogP contribution in [-0.2, 0) is 0 Å². The van der Waals surface area contributed by atoms with Crippen molar-refractivity contribution >= 4 is 42.4 Å². The lowest BCUT2D eigenvalue weighted by atomic mass is 10.3. The van der Waals surface area contributed by atoms with Crippen LogP contribution in [0.1, 0.15) is 0 Å². The third-order valence-corrected chi connectivity index (χ3v) is 1.56. The van der Waals surface area contributed by atoms with E-state index in [4.69, 9.17) is 17.2 Å². The number of rotatable bonds is 2. The first-order valence-electron chi connectivity index (χ1n) is 4.56. The maximum atomic E-state index is 11.9.